The molecule has 1 atom stereocenters. The summed E-state index contributed by atoms with van der Waals surface area (Å²) < 4.78 is 5.82. The highest BCUT2D eigenvalue weighted by atomic mass is 16.6. The molecule has 16 heavy (non-hydrogen) atoms. The van der Waals surface area contributed by atoms with Gasteiger partial charge in [0, 0.05) is 0 Å². The second-order valence-electron chi connectivity index (χ2n) is 5.42. The van der Waals surface area contributed by atoms with E-state index in [-0.39, 0.29) is 17.5 Å². The predicted octanol–water partition coefficient (Wildman–Crippen LogP) is 3.93. The van der Waals surface area contributed by atoms with Crippen molar-refractivity contribution in [2.75, 3.05) is 0 Å². The SMILES string of the molecule is CCC(C(=O)OC1(CC)CCCC1)C(C)C. The largest absolute Gasteiger partial charge is 0.459 e. The Kier molecular flexibility index (Phi) is 4.82. The molecule has 0 aromatic carbocycles. The van der Waals surface area contributed by atoms with Gasteiger partial charge in [-0.2, -0.15) is 0 Å². The van der Waals surface area contributed by atoms with Crippen molar-refractivity contribution >= 4 is 5.97 Å². The lowest BCUT2D eigenvalue weighted by molar-refractivity contribution is -0.166. The lowest BCUT2D eigenvalue weighted by atomic mass is 9.92. The summed E-state index contributed by atoms with van der Waals surface area (Å²) in [6.07, 6.45) is 6.39. The summed E-state index contributed by atoms with van der Waals surface area (Å²) in [7, 11) is 0. The summed E-state index contributed by atoms with van der Waals surface area (Å²) in [5, 5.41) is 0. The van der Waals surface area contributed by atoms with Crippen LogP contribution in [0.5, 0.6) is 0 Å². The maximum atomic E-state index is 12.1. The van der Waals surface area contributed by atoms with Gasteiger partial charge in [-0.3, -0.25) is 4.79 Å². The first-order chi connectivity index (χ1) is 7.54. The van der Waals surface area contributed by atoms with Gasteiger partial charge in [-0.1, -0.05) is 27.7 Å². The topological polar surface area (TPSA) is 26.3 Å². The highest BCUT2D eigenvalue weighted by Gasteiger charge is 2.37. The second kappa shape index (κ2) is 5.70. The molecule has 94 valence electrons. The van der Waals surface area contributed by atoms with Crippen molar-refractivity contribution in [3.05, 3.63) is 0 Å². The smallest absolute Gasteiger partial charge is 0.309 e. The lowest BCUT2D eigenvalue weighted by Gasteiger charge is -2.30. The van der Waals surface area contributed by atoms with Gasteiger partial charge in [-0.05, 0) is 44.4 Å². The highest BCUT2D eigenvalue weighted by molar-refractivity contribution is 5.73. The van der Waals surface area contributed by atoms with Crippen LogP contribution in [0.15, 0.2) is 0 Å². The van der Waals surface area contributed by atoms with Crippen LogP contribution in [0.3, 0.4) is 0 Å². The molecule has 1 unspecified atom stereocenters. The van der Waals surface area contributed by atoms with Crippen molar-refractivity contribution in [2.45, 2.75) is 71.8 Å². The summed E-state index contributed by atoms with van der Waals surface area (Å²) >= 11 is 0. The molecule has 0 bridgehead atoms. The minimum Gasteiger partial charge on any atom is -0.459 e. The molecule has 1 rings (SSSR count). The Labute approximate surface area is 99.8 Å². The molecule has 0 aromatic rings. The average Bonchev–Trinajstić information content (AvgIpc) is 2.67. The van der Waals surface area contributed by atoms with E-state index >= 15 is 0 Å². The molecule has 2 nitrogen and oxygen atoms in total. The van der Waals surface area contributed by atoms with Gasteiger partial charge in [0.15, 0.2) is 0 Å². The summed E-state index contributed by atoms with van der Waals surface area (Å²) in [5.41, 5.74) is -0.126. The van der Waals surface area contributed by atoms with E-state index in [9.17, 15) is 4.79 Å². The van der Waals surface area contributed by atoms with Crippen LogP contribution in [0.1, 0.15) is 66.2 Å². The highest BCUT2D eigenvalue weighted by Crippen LogP contribution is 2.37. The van der Waals surface area contributed by atoms with Crippen molar-refractivity contribution < 1.29 is 9.53 Å². The summed E-state index contributed by atoms with van der Waals surface area (Å²) in [4.78, 5) is 12.1. The van der Waals surface area contributed by atoms with Crippen LogP contribution in [0.4, 0.5) is 0 Å². The van der Waals surface area contributed by atoms with Crippen LogP contribution in [0, 0.1) is 11.8 Å². The van der Waals surface area contributed by atoms with Gasteiger partial charge < -0.3 is 4.74 Å². The number of carbonyl (C=O) groups excluding carboxylic acids is 1. The zero-order chi connectivity index (χ0) is 12.2. The zero-order valence-electron chi connectivity index (χ0n) is 11.2. The Bertz CT molecular complexity index is 227. The van der Waals surface area contributed by atoms with E-state index in [1.807, 2.05) is 0 Å². The molecule has 0 saturated heterocycles. The van der Waals surface area contributed by atoms with Gasteiger partial charge in [0.2, 0.25) is 0 Å². The Morgan fingerprint density at radius 2 is 1.81 bits per heavy atom. The molecular weight excluding hydrogens is 200 g/mol. The van der Waals surface area contributed by atoms with Gasteiger partial charge in [0.05, 0.1) is 5.92 Å². The van der Waals surface area contributed by atoms with Crippen molar-refractivity contribution in [1.82, 2.24) is 0 Å². The Morgan fingerprint density at radius 3 is 2.19 bits per heavy atom. The van der Waals surface area contributed by atoms with Gasteiger partial charge in [-0.25, -0.2) is 0 Å². The van der Waals surface area contributed by atoms with Crippen LogP contribution in [0.25, 0.3) is 0 Å². The van der Waals surface area contributed by atoms with E-state index in [4.69, 9.17) is 4.74 Å². The Balaban J connectivity index is 2.61. The minimum absolute atomic E-state index is 0.0289. The van der Waals surface area contributed by atoms with Crippen LogP contribution >= 0.6 is 0 Å². The number of carbonyl (C=O) groups is 1. The van der Waals surface area contributed by atoms with E-state index in [0.29, 0.717) is 5.92 Å². The third-order valence-corrected chi connectivity index (χ3v) is 4.02. The molecule has 0 aromatic heterocycles. The van der Waals surface area contributed by atoms with E-state index in [1.54, 1.807) is 0 Å². The number of esters is 1. The molecule has 0 radical (unpaired) electrons. The monoisotopic (exact) mass is 226 g/mol. The molecule has 0 N–H and O–H groups in total. The molecule has 0 amide bonds. The fraction of sp³-hybridized carbons (Fsp3) is 0.929. The van der Waals surface area contributed by atoms with E-state index < -0.39 is 0 Å². The van der Waals surface area contributed by atoms with Crippen molar-refractivity contribution in [2.24, 2.45) is 11.8 Å². The first-order valence-electron chi connectivity index (χ1n) is 6.77. The van der Waals surface area contributed by atoms with Crippen molar-refractivity contribution in [3.63, 3.8) is 0 Å². The minimum atomic E-state index is -0.126. The van der Waals surface area contributed by atoms with Crippen LogP contribution in [-0.4, -0.2) is 11.6 Å². The van der Waals surface area contributed by atoms with Crippen LogP contribution < -0.4 is 0 Å². The average molecular weight is 226 g/mol. The normalized spacial score (nSPS) is 21.1. The fourth-order valence-corrected chi connectivity index (χ4v) is 2.75. The predicted molar refractivity (Wildman–Crippen MR) is 66.2 cm³/mol. The molecule has 2 heteroatoms. The third kappa shape index (κ3) is 2.99. The van der Waals surface area contributed by atoms with Gasteiger partial charge in [0.1, 0.15) is 5.60 Å². The Hall–Kier alpha value is -0.530. The second-order valence-corrected chi connectivity index (χ2v) is 5.42. The Morgan fingerprint density at radius 1 is 1.25 bits per heavy atom. The number of ether oxygens (including phenoxy) is 1. The molecule has 0 spiro atoms. The summed E-state index contributed by atoms with van der Waals surface area (Å²) in [5.74, 6) is 0.484. The zero-order valence-corrected chi connectivity index (χ0v) is 11.2. The summed E-state index contributed by atoms with van der Waals surface area (Å²) in [6, 6.07) is 0. The van der Waals surface area contributed by atoms with Crippen molar-refractivity contribution in [1.29, 1.82) is 0 Å². The quantitative estimate of drug-likeness (QED) is 0.664. The first-order valence-corrected chi connectivity index (χ1v) is 6.77. The van der Waals surface area contributed by atoms with Gasteiger partial charge >= 0.3 is 5.97 Å². The molecule has 1 aliphatic rings. The first kappa shape index (κ1) is 13.5. The molecule has 0 heterocycles. The lowest BCUT2D eigenvalue weighted by Crippen LogP contribution is -2.35. The van der Waals surface area contributed by atoms with E-state index in [1.165, 1.54) is 12.8 Å². The number of rotatable bonds is 5. The van der Waals surface area contributed by atoms with E-state index in [0.717, 1.165) is 25.7 Å². The van der Waals surface area contributed by atoms with Crippen molar-refractivity contribution in [3.8, 4) is 0 Å². The van der Waals surface area contributed by atoms with Gasteiger partial charge in [0.25, 0.3) is 0 Å². The molecule has 0 aliphatic heterocycles. The third-order valence-electron chi connectivity index (χ3n) is 4.02. The van der Waals surface area contributed by atoms with Crippen LogP contribution in [0.2, 0.25) is 0 Å². The van der Waals surface area contributed by atoms with Gasteiger partial charge in [-0.15, -0.1) is 0 Å². The number of hydrogen-bond donors (Lipinski definition) is 0. The standard InChI is InChI=1S/C14H26O2/c1-5-12(11(3)4)13(15)16-14(6-2)9-7-8-10-14/h11-12H,5-10H2,1-4H3. The fourth-order valence-electron chi connectivity index (χ4n) is 2.75. The molecule has 1 aliphatic carbocycles. The van der Waals surface area contributed by atoms with E-state index in [2.05, 4.69) is 27.7 Å². The molecule has 1 fully saturated rings. The summed E-state index contributed by atoms with van der Waals surface area (Å²) in [6.45, 7) is 8.40. The maximum absolute atomic E-state index is 12.1. The maximum Gasteiger partial charge on any atom is 0.309 e. The molecule has 1 saturated carbocycles. The molecular formula is C14H26O2. The van der Waals surface area contributed by atoms with Crippen LogP contribution in [-0.2, 0) is 9.53 Å². The number of hydrogen-bond acceptors (Lipinski definition) is 2.